The summed E-state index contributed by atoms with van der Waals surface area (Å²) in [6.07, 6.45) is 1.68. The van der Waals surface area contributed by atoms with Gasteiger partial charge < -0.3 is 10.0 Å². The van der Waals surface area contributed by atoms with Crippen LogP contribution >= 0.6 is 23.7 Å². The van der Waals surface area contributed by atoms with Crippen molar-refractivity contribution in [2.24, 2.45) is 0 Å². The molecule has 0 aliphatic heterocycles. The van der Waals surface area contributed by atoms with Gasteiger partial charge in [0.25, 0.3) is 0 Å². The zero-order chi connectivity index (χ0) is 8.55. The van der Waals surface area contributed by atoms with Crippen LogP contribution in [0, 0.1) is 0 Å². The average Bonchev–Trinajstić information content (AvgIpc) is 2.46. The molecule has 2 N–H and O–H groups in total. The van der Waals surface area contributed by atoms with E-state index in [9.17, 15) is 0 Å². The first-order chi connectivity index (χ1) is 5.77. The fourth-order valence-electron chi connectivity index (χ4n) is 1.02. The number of aromatic nitrogens is 1. The largest absolute Gasteiger partial charge is 0.499 e. The van der Waals surface area contributed by atoms with E-state index in [1.165, 1.54) is 11.3 Å². The Balaban J connectivity index is 0.000000845. The van der Waals surface area contributed by atoms with Crippen LogP contribution in [-0.2, 0) is 0 Å². The zero-order valence-corrected chi connectivity index (χ0v) is 8.18. The van der Waals surface area contributed by atoms with Crippen LogP contribution in [0.25, 0.3) is 10.2 Å². The van der Waals surface area contributed by atoms with Gasteiger partial charge in [0, 0.05) is 11.0 Å². The zero-order valence-electron chi connectivity index (χ0n) is 6.54. The quantitative estimate of drug-likeness (QED) is 0.677. The van der Waals surface area contributed by atoms with Gasteiger partial charge in [-0.25, -0.2) is 0 Å². The Bertz CT molecular complexity index is 373. The molecular weight excluding hydrogens is 208 g/mol. The summed E-state index contributed by atoms with van der Waals surface area (Å²) in [4.78, 5) is 4.07. The number of hydrogen-bond donors (Lipinski definition) is 2. The molecule has 0 fully saturated rings. The molecule has 0 aromatic carbocycles. The number of halogens is 1. The van der Waals surface area contributed by atoms with Gasteiger partial charge in [-0.3, -0.25) is 4.98 Å². The summed E-state index contributed by atoms with van der Waals surface area (Å²) in [5, 5.41) is 17.7. The van der Waals surface area contributed by atoms with Crippen molar-refractivity contribution in [2.45, 2.75) is 0 Å². The van der Waals surface area contributed by atoms with Crippen molar-refractivity contribution < 1.29 is 10.0 Å². The summed E-state index contributed by atoms with van der Waals surface area (Å²) >= 11 is 1.34. The molecule has 0 atom stereocenters. The van der Waals surface area contributed by atoms with Crippen LogP contribution in [0.4, 0.5) is 0 Å². The lowest BCUT2D eigenvalue weighted by atomic mass is 9.90. The van der Waals surface area contributed by atoms with Crippen LogP contribution in [0.15, 0.2) is 24.4 Å². The van der Waals surface area contributed by atoms with Gasteiger partial charge in [0.1, 0.15) is 0 Å². The molecule has 13 heavy (non-hydrogen) atoms. The Hall–Kier alpha value is -0.615. The van der Waals surface area contributed by atoms with Gasteiger partial charge >= 0.3 is 7.12 Å². The molecule has 0 radical (unpaired) electrons. The van der Waals surface area contributed by atoms with Crippen molar-refractivity contribution in [3.8, 4) is 0 Å². The second kappa shape index (κ2) is 4.06. The first-order valence-electron chi connectivity index (χ1n) is 3.48. The number of nitrogens with zero attached hydrogens (tertiary/aromatic N) is 1. The standard InChI is InChI=1S/C7H6BNO2S.ClH/c10-8(11)7-4-5-6(12-7)2-1-3-9-5;/h1-4,10-11H;1H. The second-order valence-electron chi connectivity index (χ2n) is 2.41. The molecule has 6 heteroatoms. The molecule has 2 rings (SSSR count). The van der Waals surface area contributed by atoms with E-state index in [2.05, 4.69) is 4.98 Å². The van der Waals surface area contributed by atoms with E-state index in [4.69, 9.17) is 10.0 Å². The van der Waals surface area contributed by atoms with Gasteiger partial charge in [0.2, 0.25) is 0 Å². The molecule has 0 spiro atoms. The lowest BCUT2D eigenvalue weighted by Gasteiger charge is -1.87. The van der Waals surface area contributed by atoms with Gasteiger partial charge in [-0.05, 0) is 18.2 Å². The molecule has 3 nitrogen and oxygen atoms in total. The molecule has 2 heterocycles. The minimum absolute atomic E-state index is 0. The van der Waals surface area contributed by atoms with Crippen LogP contribution in [0.2, 0.25) is 0 Å². The summed E-state index contributed by atoms with van der Waals surface area (Å²) in [5.74, 6) is 0. The van der Waals surface area contributed by atoms with E-state index >= 15 is 0 Å². The minimum atomic E-state index is -1.39. The normalized spacial score (nSPS) is 9.69. The smallest absolute Gasteiger partial charge is 0.423 e. The van der Waals surface area contributed by atoms with E-state index in [0.717, 1.165) is 10.2 Å². The van der Waals surface area contributed by atoms with Crippen molar-refractivity contribution >= 4 is 45.9 Å². The molecule has 68 valence electrons. The molecule has 0 bridgehead atoms. The number of hydrogen-bond acceptors (Lipinski definition) is 4. The Morgan fingerprint density at radius 2 is 2.15 bits per heavy atom. The van der Waals surface area contributed by atoms with Crippen molar-refractivity contribution in [1.82, 2.24) is 4.98 Å². The second-order valence-corrected chi connectivity index (χ2v) is 3.52. The monoisotopic (exact) mass is 215 g/mol. The highest BCUT2D eigenvalue weighted by atomic mass is 35.5. The average molecular weight is 215 g/mol. The fraction of sp³-hybridized carbons (Fsp3) is 0. The molecule has 0 saturated carbocycles. The van der Waals surface area contributed by atoms with Crippen molar-refractivity contribution in [1.29, 1.82) is 0 Å². The molecule has 2 aromatic heterocycles. The third-order valence-corrected chi connectivity index (χ3v) is 2.69. The highest BCUT2D eigenvalue weighted by Gasteiger charge is 2.14. The maximum Gasteiger partial charge on any atom is 0.499 e. The van der Waals surface area contributed by atoms with Gasteiger partial charge in [-0.2, -0.15) is 0 Å². The lowest BCUT2D eigenvalue weighted by molar-refractivity contribution is 0.427. The maximum atomic E-state index is 8.86. The molecule has 0 unspecified atom stereocenters. The molecule has 0 aliphatic rings. The Morgan fingerprint density at radius 1 is 1.38 bits per heavy atom. The molecule has 0 saturated heterocycles. The molecule has 2 aromatic rings. The number of thiophene rings is 1. The third-order valence-electron chi connectivity index (χ3n) is 1.56. The topological polar surface area (TPSA) is 53.4 Å². The van der Waals surface area contributed by atoms with E-state index in [1.807, 2.05) is 12.1 Å². The van der Waals surface area contributed by atoms with Gasteiger partial charge in [0.05, 0.1) is 10.2 Å². The van der Waals surface area contributed by atoms with Crippen LogP contribution in [0.1, 0.15) is 0 Å². The Labute approximate surface area is 85.6 Å². The number of pyridine rings is 1. The summed E-state index contributed by atoms with van der Waals surface area (Å²) in [7, 11) is -1.39. The van der Waals surface area contributed by atoms with Gasteiger partial charge in [-0.1, -0.05) is 0 Å². The summed E-state index contributed by atoms with van der Waals surface area (Å²) in [6, 6.07) is 5.41. The molecule has 0 amide bonds. The summed E-state index contributed by atoms with van der Waals surface area (Å²) in [6.45, 7) is 0. The summed E-state index contributed by atoms with van der Waals surface area (Å²) < 4.78 is 1.50. The fourth-order valence-corrected chi connectivity index (χ4v) is 1.91. The predicted molar refractivity (Wildman–Crippen MR) is 56.7 cm³/mol. The van der Waals surface area contributed by atoms with Gasteiger partial charge in [0.15, 0.2) is 0 Å². The van der Waals surface area contributed by atoms with Gasteiger partial charge in [-0.15, -0.1) is 23.7 Å². The Morgan fingerprint density at radius 3 is 2.77 bits per heavy atom. The Kier molecular flexibility index (Phi) is 3.27. The first-order valence-corrected chi connectivity index (χ1v) is 4.29. The van der Waals surface area contributed by atoms with E-state index in [1.54, 1.807) is 12.3 Å². The minimum Gasteiger partial charge on any atom is -0.423 e. The maximum absolute atomic E-state index is 8.86. The van der Waals surface area contributed by atoms with Crippen molar-refractivity contribution in [3.05, 3.63) is 24.4 Å². The SMILES string of the molecule is Cl.OB(O)c1cc2ncccc2s1. The van der Waals surface area contributed by atoms with Crippen molar-refractivity contribution in [3.63, 3.8) is 0 Å². The van der Waals surface area contributed by atoms with Crippen molar-refractivity contribution in [2.75, 3.05) is 0 Å². The number of fused-ring (bicyclic) bond motifs is 1. The van der Waals surface area contributed by atoms with E-state index in [-0.39, 0.29) is 12.4 Å². The summed E-state index contributed by atoms with van der Waals surface area (Å²) in [5.41, 5.74) is 0.811. The van der Waals surface area contributed by atoms with Crippen LogP contribution < -0.4 is 4.78 Å². The van der Waals surface area contributed by atoms with E-state index < -0.39 is 7.12 Å². The highest BCUT2D eigenvalue weighted by molar-refractivity contribution is 7.27. The molecule has 0 aliphatic carbocycles. The first kappa shape index (κ1) is 10.5. The predicted octanol–water partition coefficient (Wildman–Crippen LogP) is 0.398. The van der Waals surface area contributed by atoms with Crippen LogP contribution in [0.3, 0.4) is 0 Å². The third kappa shape index (κ3) is 2.00. The number of rotatable bonds is 1. The van der Waals surface area contributed by atoms with Crippen LogP contribution in [0.5, 0.6) is 0 Å². The highest BCUT2D eigenvalue weighted by Crippen LogP contribution is 2.15. The lowest BCUT2D eigenvalue weighted by Crippen LogP contribution is -2.26. The molecular formula is C7H7BClNO2S. The van der Waals surface area contributed by atoms with E-state index in [0.29, 0.717) is 4.78 Å². The van der Waals surface area contributed by atoms with Crippen LogP contribution in [-0.4, -0.2) is 22.2 Å².